The number of carbonyl (C=O) groups excluding carboxylic acids is 1. The molecule has 0 aliphatic carbocycles. The van der Waals surface area contributed by atoms with Gasteiger partial charge in [-0.15, -0.1) is 0 Å². The molecule has 0 saturated carbocycles. The third-order valence-corrected chi connectivity index (χ3v) is 3.93. The lowest BCUT2D eigenvalue weighted by Gasteiger charge is -2.34. The van der Waals surface area contributed by atoms with Gasteiger partial charge in [0.25, 0.3) is 5.91 Å². The van der Waals surface area contributed by atoms with Crippen molar-refractivity contribution in [2.24, 2.45) is 7.05 Å². The first kappa shape index (κ1) is 14.6. The molecule has 2 aromatic heterocycles. The second kappa shape index (κ2) is 6.17. The van der Waals surface area contributed by atoms with E-state index < -0.39 is 0 Å². The van der Waals surface area contributed by atoms with E-state index in [1.165, 1.54) is 5.56 Å². The smallest absolute Gasteiger partial charge is 0.272 e. The summed E-state index contributed by atoms with van der Waals surface area (Å²) < 4.78 is 1.64. The van der Waals surface area contributed by atoms with Gasteiger partial charge in [-0.2, -0.15) is 5.10 Å². The molecule has 2 aromatic rings. The van der Waals surface area contributed by atoms with Crippen molar-refractivity contribution in [2.45, 2.75) is 25.8 Å². The summed E-state index contributed by atoms with van der Waals surface area (Å²) in [6, 6.07) is 5.94. The third kappa shape index (κ3) is 3.27. The highest BCUT2D eigenvalue weighted by Gasteiger charge is 2.23. The molecular weight excluding hydrogens is 278 g/mol. The van der Waals surface area contributed by atoms with Crippen LogP contribution in [0.2, 0.25) is 0 Å². The number of nitrogens with one attached hydrogen (secondary N) is 1. The Morgan fingerprint density at radius 1 is 1.41 bits per heavy atom. The Bertz CT molecular complexity index is 666. The summed E-state index contributed by atoms with van der Waals surface area (Å²) in [5.41, 5.74) is 1.66. The molecule has 6 nitrogen and oxygen atoms in total. The molecule has 0 spiro atoms. The number of amides is 1. The van der Waals surface area contributed by atoms with Gasteiger partial charge in [0.1, 0.15) is 11.5 Å². The van der Waals surface area contributed by atoms with E-state index in [0.29, 0.717) is 5.69 Å². The van der Waals surface area contributed by atoms with Crippen molar-refractivity contribution in [3.8, 4) is 0 Å². The number of hydrogen-bond donors (Lipinski definition) is 1. The Hall–Kier alpha value is -2.37. The van der Waals surface area contributed by atoms with Crippen molar-refractivity contribution in [1.29, 1.82) is 0 Å². The molecule has 1 amide bonds. The number of piperidine rings is 1. The van der Waals surface area contributed by atoms with Crippen molar-refractivity contribution >= 4 is 11.7 Å². The molecule has 1 aliphatic heterocycles. The molecule has 3 rings (SSSR count). The van der Waals surface area contributed by atoms with Crippen molar-refractivity contribution in [1.82, 2.24) is 20.1 Å². The van der Waals surface area contributed by atoms with Crippen LogP contribution in [0.5, 0.6) is 0 Å². The minimum absolute atomic E-state index is 0.107. The monoisotopic (exact) mass is 299 g/mol. The van der Waals surface area contributed by atoms with E-state index in [1.54, 1.807) is 16.9 Å². The molecule has 3 heterocycles. The van der Waals surface area contributed by atoms with Crippen LogP contribution in [0.25, 0.3) is 0 Å². The standard InChI is InChI=1S/C16H21N5O/c1-12-5-7-17-15(10-12)21-8-3-4-13(11-21)18-16(22)14-6-9-20(2)19-14/h5-7,9-10,13H,3-4,8,11H2,1-2H3,(H,18,22). The van der Waals surface area contributed by atoms with Gasteiger partial charge in [-0.1, -0.05) is 0 Å². The second-order valence-electron chi connectivity index (χ2n) is 5.82. The fraction of sp³-hybridized carbons (Fsp3) is 0.438. The molecule has 1 atom stereocenters. The number of aromatic nitrogens is 3. The van der Waals surface area contributed by atoms with Crippen LogP contribution in [0.3, 0.4) is 0 Å². The first-order chi connectivity index (χ1) is 10.6. The van der Waals surface area contributed by atoms with Gasteiger partial charge in [-0.3, -0.25) is 9.48 Å². The number of hydrogen-bond acceptors (Lipinski definition) is 4. The normalized spacial score (nSPS) is 18.3. The molecule has 0 bridgehead atoms. The van der Waals surface area contributed by atoms with Gasteiger partial charge in [-0.05, 0) is 43.5 Å². The van der Waals surface area contributed by atoms with Crippen molar-refractivity contribution < 1.29 is 4.79 Å². The predicted molar refractivity (Wildman–Crippen MR) is 84.9 cm³/mol. The summed E-state index contributed by atoms with van der Waals surface area (Å²) in [5, 5.41) is 7.22. The van der Waals surface area contributed by atoms with Gasteiger partial charge in [-0.25, -0.2) is 4.98 Å². The number of anilines is 1. The summed E-state index contributed by atoms with van der Waals surface area (Å²) in [6.07, 6.45) is 5.64. The predicted octanol–water partition coefficient (Wildman–Crippen LogP) is 1.52. The average Bonchev–Trinajstić information content (AvgIpc) is 2.94. The number of nitrogens with zero attached hydrogens (tertiary/aromatic N) is 4. The summed E-state index contributed by atoms with van der Waals surface area (Å²) >= 11 is 0. The Morgan fingerprint density at radius 2 is 2.27 bits per heavy atom. The quantitative estimate of drug-likeness (QED) is 0.933. The van der Waals surface area contributed by atoms with Crippen molar-refractivity contribution in [2.75, 3.05) is 18.0 Å². The second-order valence-corrected chi connectivity index (χ2v) is 5.82. The fourth-order valence-corrected chi connectivity index (χ4v) is 2.79. The first-order valence-corrected chi connectivity index (χ1v) is 7.60. The maximum Gasteiger partial charge on any atom is 0.272 e. The van der Waals surface area contributed by atoms with Crippen molar-refractivity contribution in [3.63, 3.8) is 0 Å². The van der Waals surface area contributed by atoms with E-state index in [2.05, 4.69) is 33.3 Å². The van der Waals surface area contributed by atoms with Crippen LogP contribution < -0.4 is 10.2 Å². The fourth-order valence-electron chi connectivity index (χ4n) is 2.79. The van der Waals surface area contributed by atoms with E-state index >= 15 is 0 Å². The average molecular weight is 299 g/mol. The van der Waals surface area contributed by atoms with E-state index in [1.807, 2.05) is 19.3 Å². The summed E-state index contributed by atoms with van der Waals surface area (Å²) in [4.78, 5) is 18.9. The van der Waals surface area contributed by atoms with Gasteiger partial charge >= 0.3 is 0 Å². The molecule has 0 aromatic carbocycles. The molecule has 1 aliphatic rings. The molecule has 0 radical (unpaired) electrons. The maximum absolute atomic E-state index is 12.2. The molecule has 22 heavy (non-hydrogen) atoms. The van der Waals surface area contributed by atoms with E-state index in [9.17, 15) is 4.79 Å². The lowest BCUT2D eigenvalue weighted by atomic mass is 10.1. The number of carbonyl (C=O) groups is 1. The third-order valence-electron chi connectivity index (χ3n) is 3.93. The minimum Gasteiger partial charge on any atom is -0.355 e. The number of aryl methyl sites for hydroxylation is 2. The van der Waals surface area contributed by atoms with Crippen LogP contribution in [0.1, 0.15) is 28.9 Å². The van der Waals surface area contributed by atoms with Gasteiger partial charge in [0, 0.05) is 38.6 Å². The molecule has 1 fully saturated rings. The zero-order valence-corrected chi connectivity index (χ0v) is 13.0. The number of rotatable bonds is 3. The Labute approximate surface area is 130 Å². The Kier molecular flexibility index (Phi) is 4.09. The zero-order chi connectivity index (χ0) is 15.5. The van der Waals surface area contributed by atoms with Crippen LogP contribution in [0.4, 0.5) is 5.82 Å². The molecule has 1 N–H and O–H groups in total. The highest BCUT2D eigenvalue weighted by atomic mass is 16.2. The topological polar surface area (TPSA) is 63.1 Å². The Balaban J connectivity index is 1.64. The molecule has 6 heteroatoms. The van der Waals surface area contributed by atoms with Gasteiger partial charge in [0.2, 0.25) is 0 Å². The maximum atomic E-state index is 12.2. The lowest BCUT2D eigenvalue weighted by molar-refractivity contribution is 0.0927. The van der Waals surface area contributed by atoms with Crippen LogP contribution in [-0.2, 0) is 7.05 Å². The largest absolute Gasteiger partial charge is 0.355 e. The summed E-state index contributed by atoms with van der Waals surface area (Å²) in [6.45, 7) is 3.83. The van der Waals surface area contributed by atoms with E-state index in [0.717, 1.165) is 31.7 Å². The molecule has 1 saturated heterocycles. The Morgan fingerprint density at radius 3 is 3.00 bits per heavy atom. The summed E-state index contributed by atoms with van der Waals surface area (Å²) in [7, 11) is 1.81. The highest BCUT2D eigenvalue weighted by Crippen LogP contribution is 2.18. The molecule has 1 unspecified atom stereocenters. The van der Waals surface area contributed by atoms with Gasteiger partial charge < -0.3 is 10.2 Å². The number of pyridine rings is 1. The van der Waals surface area contributed by atoms with E-state index in [-0.39, 0.29) is 11.9 Å². The summed E-state index contributed by atoms with van der Waals surface area (Å²) in [5.74, 6) is 0.876. The zero-order valence-electron chi connectivity index (χ0n) is 13.0. The molecular formula is C16H21N5O. The lowest BCUT2D eigenvalue weighted by Crippen LogP contribution is -2.48. The minimum atomic E-state index is -0.107. The SMILES string of the molecule is Cc1ccnc(N2CCCC(NC(=O)c3ccn(C)n3)C2)c1. The van der Waals surface area contributed by atoms with Crippen LogP contribution in [0, 0.1) is 6.92 Å². The van der Waals surface area contributed by atoms with Crippen LogP contribution in [0.15, 0.2) is 30.6 Å². The van der Waals surface area contributed by atoms with Crippen LogP contribution >= 0.6 is 0 Å². The highest BCUT2D eigenvalue weighted by molar-refractivity contribution is 5.92. The first-order valence-electron chi connectivity index (χ1n) is 7.60. The van der Waals surface area contributed by atoms with Crippen molar-refractivity contribution in [3.05, 3.63) is 41.9 Å². The van der Waals surface area contributed by atoms with Gasteiger partial charge in [0.15, 0.2) is 0 Å². The molecule has 116 valence electrons. The van der Waals surface area contributed by atoms with Crippen LogP contribution in [-0.4, -0.2) is 39.8 Å². The van der Waals surface area contributed by atoms with Gasteiger partial charge in [0.05, 0.1) is 0 Å². The van der Waals surface area contributed by atoms with E-state index in [4.69, 9.17) is 0 Å².